The van der Waals surface area contributed by atoms with Crippen LogP contribution in [-0.4, -0.2) is 30.2 Å². The fraction of sp³-hybridized carbons (Fsp3) is 0.357. The molecule has 2 rings (SSSR count). The molecule has 1 N–H and O–H groups in total. The molecule has 1 unspecified atom stereocenters. The van der Waals surface area contributed by atoms with Crippen LogP contribution in [0.5, 0.6) is 0 Å². The largest absolute Gasteiger partial charge is 0.350 e. The molecular formula is C14H15BrN2O3. The minimum Gasteiger partial charge on any atom is -0.350 e. The normalized spacial score (nSPS) is 18.9. The maximum Gasteiger partial charge on any atom is 0.249 e. The van der Waals surface area contributed by atoms with Crippen LogP contribution in [0.25, 0.3) is 0 Å². The molecule has 1 aliphatic heterocycles. The van der Waals surface area contributed by atoms with E-state index in [1.165, 1.54) is 6.92 Å². The Morgan fingerprint density at radius 3 is 2.75 bits per heavy atom. The van der Waals surface area contributed by atoms with Crippen molar-refractivity contribution in [3.05, 3.63) is 28.2 Å². The Morgan fingerprint density at radius 1 is 1.45 bits per heavy atom. The van der Waals surface area contributed by atoms with E-state index in [-0.39, 0.29) is 24.1 Å². The molecule has 0 bridgehead atoms. The number of carbonyl (C=O) groups excluding carboxylic acids is 3. The minimum atomic E-state index is -0.438. The molecule has 5 nitrogen and oxygen atoms in total. The van der Waals surface area contributed by atoms with E-state index in [4.69, 9.17) is 0 Å². The Morgan fingerprint density at radius 2 is 2.15 bits per heavy atom. The van der Waals surface area contributed by atoms with Crippen molar-refractivity contribution in [2.24, 2.45) is 0 Å². The monoisotopic (exact) mass is 338 g/mol. The summed E-state index contributed by atoms with van der Waals surface area (Å²) in [5.41, 5.74) is 1.12. The van der Waals surface area contributed by atoms with Gasteiger partial charge in [0.1, 0.15) is 6.04 Å². The van der Waals surface area contributed by atoms with Gasteiger partial charge in [-0.15, -0.1) is 0 Å². The number of amides is 2. The molecule has 2 amide bonds. The van der Waals surface area contributed by atoms with Crippen molar-refractivity contribution in [3.8, 4) is 0 Å². The summed E-state index contributed by atoms with van der Waals surface area (Å²) >= 11 is 3.33. The molecule has 106 valence electrons. The van der Waals surface area contributed by atoms with E-state index in [1.54, 1.807) is 23.1 Å². The standard InChI is InChI=1S/C14H15BrN2O3/c1-3-11-14(20)16-13(19)7-17(11)12-5-4-9(15)6-10(12)8(2)18/h4-6,11H,3,7H2,1-2H3,(H,16,19,20). The number of halogens is 1. The van der Waals surface area contributed by atoms with Crippen LogP contribution in [-0.2, 0) is 9.59 Å². The van der Waals surface area contributed by atoms with E-state index in [2.05, 4.69) is 21.2 Å². The quantitative estimate of drug-likeness (QED) is 0.675. The van der Waals surface area contributed by atoms with Gasteiger partial charge in [0.25, 0.3) is 0 Å². The first-order valence-electron chi connectivity index (χ1n) is 6.35. The third-order valence-electron chi connectivity index (χ3n) is 3.29. The van der Waals surface area contributed by atoms with E-state index in [1.807, 2.05) is 6.92 Å². The Bertz CT molecular complexity index is 586. The molecule has 0 aliphatic carbocycles. The van der Waals surface area contributed by atoms with Gasteiger partial charge in [-0.3, -0.25) is 19.7 Å². The highest BCUT2D eigenvalue weighted by atomic mass is 79.9. The van der Waals surface area contributed by atoms with Crippen LogP contribution in [0.2, 0.25) is 0 Å². The molecule has 1 atom stereocenters. The summed E-state index contributed by atoms with van der Waals surface area (Å²) in [5.74, 6) is -0.770. The van der Waals surface area contributed by atoms with Crippen molar-refractivity contribution < 1.29 is 14.4 Å². The van der Waals surface area contributed by atoms with Crippen molar-refractivity contribution in [1.82, 2.24) is 5.32 Å². The first kappa shape index (κ1) is 14.7. The summed E-state index contributed by atoms with van der Waals surface area (Å²) in [7, 11) is 0. The Labute approximate surface area is 125 Å². The number of hydrogen-bond acceptors (Lipinski definition) is 4. The maximum atomic E-state index is 11.9. The van der Waals surface area contributed by atoms with Gasteiger partial charge in [0.05, 0.1) is 6.54 Å². The first-order chi connectivity index (χ1) is 9.43. The maximum absolute atomic E-state index is 11.9. The first-order valence-corrected chi connectivity index (χ1v) is 7.14. The van der Waals surface area contributed by atoms with Crippen molar-refractivity contribution in [3.63, 3.8) is 0 Å². The van der Waals surface area contributed by atoms with Gasteiger partial charge in [-0.05, 0) is 31.5 Å². The van der Waals surface area contributed by atoms with Crippen molar-refractivity contribution in [2.45, 2.75) is 26.3 Å². The number of imide groups is 1. The molecule has 1 fully saturated rings. The molecule has 0 radical (unpaired) electrons. The lowest BCUT2D eigenvalue weighted by Gasteiger charge is -2.36. The van der Waals surface area contributed by atoms with Crippen molar-refractivity contribution in [2.75, 3.05) is 11.4 Å². The summed E-state index contributed by atoms with van der Waals surface area (Å²) < 4.78 is 0.785. The Kier molecular flexibility index (Phi) is 4.23. The molecule has 1 aliphatic rings. The minimum absolute atomic E-state index is 0.0756. The van der Waals surface area contributed by atoms with Gasteiger partial charge in [-0.2, -0.15) is 0 Å². The third-order valence-corrected chi connectivity index (χ3v) is 3.78. The van der Waals surface area contributed by atoms with E-state index < -0.39 is 6.04 Å². The van der Waals surface area contributed by atoms with Gasteiger partial charge in [0, 0.05) is 15.7 Å². The van der Waals surface area contributed by atoms with Gasteiger partial charge in [-0.1, -0.05) is 22.9 Å². The van der Waals surface area contributed by atoms with Crippen molar-refractivity contribution in [1.29, 1.82) is 0 Å². The molecular weight excluding hydrogens is 324 g/mol. The van der Waals surface area contributed by atoms with Crippen LogP contribution in [0.1, 0.15) is 30.6 Å². The number of benzene rings is 1. The summed E-state index contributed by atoms with van der Waals surface area (Å²) in [6.07, 6.45) is 0.562. The summed E-state index contributed by atoms with van der Waals surface area (Å²) in [5, 5.41) is 2.33. The van der Waals surface area contributed by atoms with E-state index in [9.17, 15) is 14.4 Å². The number of anilines is 1. The van der Waals surface area contributed by atoms with Gasteiger partial charge >= 0.3 is 0 Å². The van der Waals surface area contributed by atoms with Crippen LogP contribution in [0.15, 0.2) is 22.7 Å². The SMILES string of the molecule is CCC1C(=O)NC(=O)CN1c1ccc(Br)cc1C(C)=O. The van der Waals surface area contributed by atoms with E-state index in [0.717, 1.165) is 4.47 Å². The average molecular weight is 339 g/mol. The predicted molar refractivity (Wildman–Crippen MR) is 78.7 cm³/mol. The van der Waals surface area contributed by atoms with Gasteiger partial charge < -0.3 is 4.90 Å². The van der Waals surface area contributed by atoms with Gasteiger partial charge in [-0.25, -0.2) is 0 Å². The average Bonchev–Trinajstić information content (AvgIpc) is 2.37. The second-order valence-electron chi connectivity index (χ2n) is 4.68. The van der Waals surface area contributed by atoms with E-state index in [0.29, 0.717) is 17.7 Å². The Balaban J connectivity index is 2.50. The molecule has 0 saturated carbocycles. The van der Waals surface area contributed by atoms with Gasteiger partial charge in [0.15, 0.2) is 5.78 Å². The molecule has 1 aromatic rings. The number of Topliss-reactive ketones (excluding diaryl/α,β-unsaturated/α-hetero) is 1. The van der Waals surface area contributed by atoms with E-state index >= 15 is 0 Å². The second kappa shape index (κ2) is 5.75. The van der Waals surface area contributed by atoms with Crippen LogP contribution in [0.3, 0.4) is 0 Å². The third kappa shape index (κ3) is 2.75. The molecule has 0 aromatic heterocycles. The molecule has 6 heteroatoms. The second-order valence-corrected chi connectivity index (χ2v) is 5.60. The number of hydrogen-bond donors (Lipinski definition) is 1. The fourth-order valence-corrected chi connectivity index (χ4v) is 2.73. The molecule has 0 spiro atoms. The zero-order valence-electron chi connectivity index (χ0n) is 11.3. The zero-order valence-corrected chi connectivity index (χ0v) is 12.9. The lowest BCUT2D eigenvalue weighted by Crippen LogP contribution is -2.58. The lowest BCUT2D eigenvalue weighted by molar-refractivity contribution is -0.132. The number of carbonyl (C=O) groups is 3. The highest BCUT2D eigenvalue weighted by Crippen LogP contribution is 2.28. The highest BCUT2D eigenvalue weighted by molar-refractivity contribution is 9.10. The molecule has 20 heavy (non-hydrogen) atoms. The number of nitrogens with zero attached hydrogens (tertiary/aromatic N) is 1. The predicted octanol–water partition coefficient (Wildman–Crippen LogP) is 1.89. The topological polar surface area (TPSA) is 66.5 Å². The molecule has 1 aromatic carbocycles. The van der Waals surface area contributed by atoms with Gasteiger partial charge in [0.2, 0.25) is 11.8 Å². The van der Waals surface area contributed by atoms with Crippen LogP contribution in [0, 0.1) is 0 Å². The zero-order chi connectivity index (χ0) is 14.9. The van der Waals surface area contributed by atoms with Crippen LogP contribution >= 0.6 is 15.9 Å². The number of rotatable bonds is 3. The molecule has 1 saturated heterocycles. The Hall–Kier alpha value is -1.69. The summed E-state index contributed by atoms with van der Waals surface area (Å²) in [6, 6.07) is 4.83. The smallest absolute Gasteiger partial charge is 0.249 e. The van der Waals surface area contributed by atoms with Crippen LogP contribution in [0.4, 0.5) is 5.69 Å². The fourth-order valence-electron chi connectivity index (χ4n) is 2.37. The number of piperazine rings is 1. The van der Waals surface area contributed by atoms with Crippen molar-refractivity contribution >= 4 is 39.2 Å². The van der Waals surface area contributed by atoms with Crippen LogP contribution < -0.4 is 10.2 Å². The number of nitrogens with one attached hydrogen (secondary N) is 1. The summed E-state index contributed by atoms with van der Waals surface area (Å²) in [4.78, 5) is 37.0. The molecule has 1 heterocycles. The lowest BCUT2D eigenvalue weighted by atomic mass is 10.0. The summed E-state index contributed by atoms with van der Waals surface area (Å²) in [6.45, 7) is 3.42. The highest BCUT2D eigenvalue weighted by Gasteiger charge is 2.33. The number of ketones is 1.